The van der Waals surface area contributed by atoms with Crippen LogP contribution in [0.3, 0.4) is 0 Å². The number of hydrogen-bond acceptors (Lipinski definition) is 0. The second-order valence-corrected chi connectivity index (χ2v) is 12.0. The molecule has 0 saturated carbocycles. The molecule has 0 aliphatic heterocycles. The fourth-order valence-electron chi connectivity index (χ4n) is 3.33. The minimum atomic E-state index is -0.257. The molecule has 0 fully saturated rings. The van der Waals surface area contributed by atoms with E-state index in [4.69, 9.17) is 0 Å². The summed E-state index contributed by atoms with van der Waals surface area (Å²) in [4.78, 5) is 0. The highest BCUT2D eigenvalue weighted by Gasteiger charge is 2.15. The van der Waals surface area contributed by atoms with Gasteiger partial charge in [0, 0.05) is 0 Å². The quantitative estimate of drug-likeness (QED) is 0.383. The molecule has 0 aromatic heterocycles. The molecule has 0 spiro atoms. The van der Waals surface area contributed by atoms with E-state index >= 15 is 0 Å². The Bertz CT molecular complexity index is 720. The van der Waals surface area contributed by atoms with Gasteiger partial charge in [0.15, 0.2) is 0 Å². The summed E-state index contributed by atoms with van der Waals surface area (Å²) >= 11 is 0. The summed E-state index contributed by atoms with van der Waals surface area (Å²) < 4.78 is 0. The van der Waals surface area contributed by atoms with Gasteiger partial charge < -0.3 is 0 Å². The van der Waals surface area contributed by atoms with Gasteiger partial charge in [-0.05, 0) is 61.3 Å². The molecule has 0 heterocycles. The van der Waals surface area contributed by atoms with Crippen LogP contribution in [0, 0.1) is 0 Å². The molecule has 0 nitrogen and oxygen atoms in total. The lowest BCUT2D eigenvalue weighted by atomic mass is 10.4. The van der Waals surface area contributed by atoms with Crippen LogP contribution in [0.15, 0.2) is 91.0 Å². The Morgan fingerprint density at radius 2 is 0.963 bits per heavy atom. The molecule has 140 valence electrons. The van der Waals surface area contributed by atoms with Crippen LogP contribution in [0.5, 0.6) is 0 Å². The summed E-state index contributed by atoms with van der Waals surface area (Å²) in [6.07, 6.45) is 7.84. The monoisotopic (exact) mass is 410 g/mol. The predicted molar refractivity (Wildman–Crippen MR) is 130 cm³/mol. The van der Waals surface area contributed by atoms with Gasteiger partial charge in [-0.15, -0.1) is 9.24 Å². The predicted octanol–water partition coefficient (Wildman–Crippen LogP) is 5.58. The molecule has 3 heteroatoms. The molecule has 0 amide bonds. The molecule has 0 aliphatic carbocycles. The van der Waals surface area contributed by atoms with Crippen LogP contribution in [0.4, 0.5) is 0 Å². The van der Waals surface area contributed by atoms with Crippen LogP contribution in [-0.4, -0.2) is 24.6 Å². The van der Waals surface area contributed by atoms with E-state index in [0.29, 0.717) is 0 Å². The Morgan fingerprint density at radius 3 is 1.44 bits per heavy atom. The maximum Gasteiger partial charge on any atom is -0.0195 e. The normalized spacial score (nSPS) is 12.2. The third-order valence-corrected chi connectivity index (χ3v) is 10.5. The van der Waals surface area contributed by atoms with Gasteiger partial charge in [0.05, 0.1) is 0 Å². The van der Waals surface area contributed by atoms with Crippen LogP contribution < -0.4 is 15.9 Å². The summed E-state index contributed by atoms with van der Waals surface area (Å²) in [7, 11) is 2.60. The lowest BCUT2D eigenvalue weighted by molar-refractivity contribution is 1.07. The summed E-state index contributed by atoms with van der Waals surface area (Å²) in [6.45, 7) is 0. The molecular formula is C24H29P3. The minimum absolute atomic E-state index is 0.0331. The molecule has 3 rings (SSSR count). The zero-order chi connectivity index (χ0) is 18.7. The number of benzene rings is 3. The van der Waals surface area contributed by atoms with E-state index in [2.05, 4.69) is 100 Å². The van der Waals surface area contributed by atoms with Gasteiger partial charge in [-0.3, -0.25) is 0 Å². The highest BCUT2D eigenvalue weighted by Crippen LogP contribution is 2.40. The maximum absolute atomic E-state index is 2.89. The fraction of sp³-hybridized carbons (Fsp3) is 0.250. The van der Waals surface area contributed by atoms with Crippen molar-refractivity contribution in [3.05, 3.63) is 91.0 Å². The van der Waals surface area contributed by atoms with E-state index in [0.717, 1.165) is 0 Å². The number of hydrogen-bond donors (Lipinski definition) is 0. The van der Waals surface area contributed by atoms with Crippen LogP contribution in [-0.2, 0) is 0 Å². The second kappa shape index (κ2) is 11.7. The zero-order valence-electron chi connectivity index (χ0n) is 15.9. The van der Waals surface area contributed by atoms with E-state index in [1.165, 1.54) is 48.1 Å². The van der Waals surface area contributed by atoms with Crippen LogP contribution in [0.1, 0.15) is 12.8 Å². The molecule has 0 N–H and O–H groups in total. The standard InChI is InChI=1S/C24H29P3/c25-18-10-19-26(22-12-4-1-5-13-22)20-11-21-27(23-14-6-2-7-15-23)24-16-8-3-9-17-24/h1-9,12-17H,10-11,18-21,25H2. The van der Waals surface area contributed by atoms with Gasteiger partial charge in [-0.1, -0.05) is 98.9 Å². The Balaban J connectivity index is 1.69. The van der Waals surface area contributed by atoms with Gasteiger partial charge in [0.1, 0.15) is 0 Å². The largest absolute Gasteiger partial charge is 0.138 e. The molecule has 27 heavy (non-hydrogen) atoms. The topological polar surface area (TPSA) is 0 Å². The highest BCUT2D eigenvalue weighted by molar-refractivity contribution is 7.73. The molecule has 3 aromatic carbocycles. The molecule has 0 radical (unpaired) electrons. The first kappa shape index (κ1) is 20.7. The Kier molecular flexibility index (Phi) is 8.97. The van der Waals surface area contributed by atoms with Crippen LogP contribution in [0.2, 0.25) is 0 Å². The van der Waals surface area contributed by atoms with Crippen molar-refractivity contribution in [1.82, 2.24) is 0 Å². The van der Waals surface area contributed by atoms with Crippen molar-refractivity contribution in [2.75, 3.05) is 24.6 Å². The minimum Gasteiger partial charge on any atom is -0.138 e. The van der Waals surface area contributed by atoms with Crippen LogP contribution >= 0.6 is 25.1 Å². The van der Waals surface area contributed by atoms with Gasteiger partial charge in [0.25, 0.3) is 0 Å². The lowest BCUT2D eigenvalue weighted by Crippen LogP contribution is -2.15. The van der Waals surface area contributed by atoms with E-state index < -0.39 is 0 Å². The Hall–Kier alpha value is -1.05. The molecule has 0 saturated heterocycles. The van der Waals surface area contributed by atoms with Crippen molar-refractivity contribution < 1.29 is 0 Å². The SMILES string of the molecule is PCCCP(CCCP(c1ccccc1)c1ccccc1)c1ccccc1. The van der Waals surface area contributed by atoms with Gasteiger partial charge in [-0.2, -0.15) is 0 Å². The molecule has 2 atom stereocenters. The van der Waals surface area contributed by atoms with Crippen molar-refractivity contribution in [3.63, 3.8) is 0 Å². The summed E-state index contributed by atoms with van der Waals surface area (Å²) in [6, 6.07) is 33.4. The summed E-state index contributed by atoms with van der Waals surface area (Å²) in [5.41, 5.74) is 0. The summed E-state index contributed by atoms with van der Waals surface area (Å²) in [5.74, 6) is 0. The third-order valence-electron chi connectivity index (χ3n) is 4.70. The van der Waals surface area contributed by atoms with Crippen LogP contribution in [0.25, 0.3) is 0 Å². The average Bonchev–Trinajstić information content (AvgIpc) is 2.75. The van der Waals surface area contributed by atoms with Crippen molar-refractivity contribution in [2.24, 2.45) is 0 Å². The van der Waals surface area contributed by atoms with Crippen molar-refractivity contribution in [3.8, 4) is 0 Å². The number of rotatable bonds is 10. The van der Waals surface area contributed by atoms with E-state index in [1.54, 1.807) is 5.30 Å². The average molecular weight is 410 g/mol. The summed E-state index contributed by atoms with van der Waals surface area (Å²) in [5, 5.41) is 4.59. The van der Waals surface area contributed by atoms with Crippen molar-refractivity contribution in [2.45, 2.75) is 12.8 Å². The van der Waals surface area contributed by atoms with Crippen molar-refractivity contribution in [1.29, 1.82) is 0 Å². The van der Waals surface area contributed by atoms with E-state index in [-0.39, 0.29) is 15.8 Å². The molecule has 0 aliphatic rings. The maximum atomic E-state index is 2.89. The first-order valence-corrected chi connectivity index (χ1v) is 13.8. The second-order valence-electron chi connectivity index (χ2n) is 6.64. The first-order valence-electron chi connectivity index (χ1n) is 9.76. The zero-order valence-corrected chi connectivity index (χ0v) is 18.8. The fourth-order valence-corrected chi connectivity index (χ4v) is 8.92. The van der Waals surface area contributed by atoms with E-state index in [9.17, 15) is 0 Å². The third kappa shape index (κ3) is 6.50. The Morgan fingerprint density at radius 1 is 0.519 bits per heavy atom. The molecule has 3 aromatic rings. The molecule has 0 bridgehead atoms. The van der Waals surface area contributed by atoms with Gasteiger partial charge in [0.2, 0.25) is 0 Å². The Labute approximate surface area is 169 Å². The lowest BCUT2D eigenvalue weighted by Gasteiger charge is -2.22. The van der Waals surface area contributed by atoms with Crippen molar-refractivity contribution >= 4 is 41.0 Å². The molecular weight excluding hydrogens is 381 g/mol. The highest BCUT2D eigenvalue weighted by atomic mass is 31.1. The molecule has 2 unspecified atom stereocenters. The van der Waals surface area contributed by atoms with E-state index in [1.807, 2.05) is 0 Å². The smallest absolute Gasteiger partial charge is 0.0195 e. The van der Waals surface area contributed by atoms with Gasteiger partial charge >= 0.3 is 0 Å². The van der Waals surface area contributed by atoms with Gasteiger partial charge in [-0.25, -0.2) is 0 Å². The first-order chi connectivity index (χ1) is 13.4.